The second-order valence-electron chi connectivity index (χ2n) is 6.29. The second-order valence-corrected chi connectivity index (χ2v) is 7.51. The summed E-state index contributed by atoms with van der Waals surface area (Å²) < 4.78 is 25.1. The molecule has 3 nitrogen and oxygen atoms in total. The zero-order valence-electron chi connectivity index (χ0n) is 15.6. The van der Waals surface area contributed by atoms with Gasteiger partial charge in [0.2, 0.25) is 0 Å². The lowest BCUT2D eigenvalue weighted by molar-refractivity contribution is 0.280. The molecule has 0 fully saturated rings. The van der Waals surface area contributed by atoms with Crippen molar-refractivity contribution in [1.82, 2.24) is 5.32 Å². The fraction of sp³-hybridized carbons (Fsp3) is 0.182. The Labute approximate surface area is 184 Å². The number of halogens is 4. The smallest absolute Gasteiger partial charge is 0.180 e. The third-order valence-electron chi connectivity index (χ3n) is 4.31. The first-order valence-corrected chi connectivity index (χ1v) is 9.99. The summed E-state index contributed by atoms with van der Waals surface area (Å²) in [5, 5.41) is 4.70. The molecule has 0 radical (unpaired) electrons. The minimum absolute atomic E-state index is 0.0638. The first kappa shape index (κ1) is 21.7. The molecule has 0 aromatic heterocycles. The monoisotopic (exact) mass is 453 g/mol. The zero-order valence-corrected chi connectivity index (χ0v) is 17.9. The van der Waals surface area contributed by atoms with Gasteiger partial charge in [-0.1, -0.05) is 59.1 Å². The van der Waals surface area contributed by atoms with Crippen LogP contribution in [0.3, 0.4) is 0 Å². The molecular weight excluding hydrogens is 436 g/mol. The third kappa shape index (κ3) is 5.55. The molecule has 0 saturated carbocycles. The van der Waals surface area contributed by atoms with Crippen molar-refractivity contribution < 1.29 is 13.9 Å². The number of hydrogen-bond acceptors (Lipinski definition) is 3. The van der Waals surface area contributed by atoms with Gasteiger partial charge in [-0.25, -0.2) is 4.39 Å². The highest BCUT2D eigenvalue weighted by Crippen LogP contribution is 2.37. The van der Waals surface area contributed by atoms with E-state index in [2.05, 4.69) is 5.32 Å². The van der Waals surface area contributed by atoms with Crippen molar-refractivity contribution in [2.75, 3.05) is 7.11 Å². The maximum Gasteiger partial charge on any atom is 0.180 e. The highest BCUT2D eigenvalue weighted by Gasteiger charge is 2.15. The van der Waals surface area contributed by atoms with E-state index in [-0.39, 0.29) is 12.2 Å². The first-order chi connectivity index (χ1) is 14.0. The average molecular weight is 455 g/mol. The van der Waals surface area contributed by atoms with Crippen molar-refractivity contribution in [3.63, 3.8) is 0 Å². The maximum absolute atomic E-state index is 14.0. The molecule has 0 saturated heterocycles. The molecule has 1 N–H and O–H groups in total. The van der Waals surface area contributed by atoms with E-state index in [0.717, 1.165) is 11.1 Å². The second kappa shape index (κ2) is 10.2. The van der Waals surface area contributed by atoms with Crippen molar-refractivity contribution in [3.05, 3.63) is 92.2 Å². The average Bonchev–Trinajstić information content (AvgIpc) is 2.70. The molecule has 0 heterocycles. The predicted molar refractivity (Wildman–Crippen MR) is 116 cm³/mol. The van der Waals surface area contributed by atoms with Crippen LogP contribution in [0, 0.1) is 5.82 Å². The Bertz CT molecular complexity index is 978. The normalized spacial score (nSPS) is 10.8. The van der Waals surface area contributed by atoms with Crippen LogP contribution in [0.1, 0.15) is 16.7 Å². The van der Waals surface area contributed by atoms with Gasteiger partial charge in [-0.2, -0.15) is 0 Å². The first-order valence-electron chi connectivity index (χ1n) is 8.85. The van der Waals surface area contributed by atoms with Gasteiger partial charge in [0.1, 0.15) is 12.4 Å². The third-order valence-corrected chi connectivity index (χ3v) is 5.32. The number of methoxy groups -OCH3 is 1. The van der Waals surface area contributed by atoms with Crippen LogP contribution in [-0.4, -0.2) is 7.11 Å². The van der Waals surface area contributed by atoms with Gasteiger partial charge in [-0.15, -0.1) is 0 Å². The lowest BCUT2D eigenvalue weighted by Crippen LogP contribution is -2.13. The van der Waals surface area contributed by atoms with Gasteiger partial charge in [0, 0.05) is 23.7 Å². The fourth-order valence-corrected chi connectivity index (χ4v) is 3.52. The number of benzene rings is 3. The van der Waals surface area contributed by atoms with Gasteiger partial charge in [0.25, 0.3) is 0 Å². The minimum atomic E-state index is -0.437. The van der Waals surface area contributed by atoms with E-state index in [0.29, 0.717) is 39.7 Å². The number of nitrogens with one attached hydrogen (secondary N) is 1. The molecule has 152 valence electrons. The standard InChI is InChI=1S/C22H19Cl3FNO2/c1-28-21-10-14(11-27-12-15-5-2-3-6-17(15)23)9-19(25)22(21)29-13-16-18(24)7-4-8-20(16)26/h2-10,27H,11-13H2,1H3. The SMILES string of the molecule is COc1cc(CNCc2ccccc2Cl)cc(Cl)c1OCc1c(F)cccc1Cl. The summed E-state index contributed by atoms with van der Waals surface area (Å²) in [5.74, 6) is 0.357. The van der Waals surface area contributed by atoms with Gasteiger partial charge in [0.15, 0.2) is 11.5 Å². The molecule has 29 heavy (non-hydrogen) atoms. The van der Waals surface area contributed by atoms with E-state index in [9.17, 15) is 4.39 Å². The topological polar surface area (TPSA) is 30.5 Å². The van der Waals surface area contributed by atoms with Gasteiger partial charge in [0.05, 0.1) is 17.2 Å². The van der Waals surface area contributed by atoms with E-state index in [1.54, 1.807) is 18.2 Å². The summed E-state index contributed by atoms with van der Waals surface area (Å²) in [6.45, 7) is 1.11. The Morgan fingerprint density at radius 2 is 1.66 bits per heavy atom. The summed E-state index contributed by atoms with van der Waals surface area (Å²) in [6, 6.07) is 15.7. The van der Waals surface area contributed by atoms with Gasteiger partial charge in [-0.3, -0.25) is 0 Å². The van der Waals surface area contributed by atoms with Crippen molar-refractivity contribution in [2.24, 2.45) is 0 Å². The lowest BCUT2D eigenvalue weighted by Gasteiger charge is -2.15. The highest BCUT2D eigenvalue weighted by molar-refractivity contribution is 6.32. The van der Waals surface area contributed by atoms with E-state index in [1.807, 2.05) is 30.3 Å². The van der Waals surface area contributed by atoms with Crippen molar-refractivity contribution in [2.45, 2.75) is 19.7 Å². The molecule has 0 spiro atoms. The van der Waals surface area contributed by atoms with Crippen LogP contribution in [0.25, 0.3) is 0 Å². The van der Waals surface area contributed by atoms with Crippen LogP contribution in [0.5, 0.6) is 11.5 Å². The van der Waals surface area contributed by atoms with E-state index < -0.39 is 5.82 Å². The molecule has 0 aliphatic heterocycles. The summed E-state index contributed by atoms with van der Waals surface area (Å²) in [7, 11) is 1.52. The number of ether oxygens (including phenoxy) is 2. The molecule has 0 aliphatic carbocycles. The molecular formula is C22H19Cl3FNO2. The van der Waals surface area contributed by atoms with Crippen LogP contribution in [-0.2, 0) is 19.7 Å². The molecule has 7 heteroatoms. The molecule has 3 aromatic carbocycles. The fourth-order valence-electron chi connectivity index (χ4n) is 2.81. The summed E-state index contributed by atoms with van der Waals surface area (Å²) in [5.41, 5.74) is 2.18. The number of hydrogen-bond donors (Lipinski definition) is 1. The number of rotatable bonds is 8. The summed E-state index contributed by atoms with van der Waals surface area (Å²) in [6.07, 6.45) is 0. The van der Waals surface area contributed by atoms with Crippen molar-refractivity contribution in [1.29, 1.82) is 0 Å². The predicted octanol–water partition coefficient (Wildman–Crippen LogP) is 6.66. The van der Waals surface area contributed by atoms with Gasteiger partial charge >= 0.3 is 0 Å². The van der Waals surface area contributed by atoms with Gasteiger partial charge in [-0.05, 0) is 41.5 Å². The van der Waals surface area contributed by atoms with Crippen LogP contribution in [0.4, 0.5) is 4.39 Å². The minimum Gasteiger partial charge on any atom is -0.493 e. The van der Waals surface area contributed by atoms with Crippen LogP contribution in [0.2, 0.25) is 15.1 Å². The van der Waals surface area contributed by atoms with E-state index in [4.69, 9.17) is 44.3 Å². The Morgan fingerprint density at radius 3 is 2.38 bits per heavy atom. The van der Waals surface area contributed by atoms with Crippen molar-refractivity contribution in [3.8, 4) is 11.5 Å². The molecule has 3 rings (SSSR count). The van der Waals surface area contributed by atoms with Crippen LogP contribution >= 0.6 is 34.8 Å². The molecule has 0 bridgehead atoms. The Morgan fingerprint density at radius 1 is 0.897 bits per heavy atom. The maximum atomic E-state index is 14.0. The Kier molecular flexibility index (Phi) is 7.62. The Balaban J connectivity index is 1.69. The van der Waals surface area contributed by atoms with E-state index in [1.165, 1.54) is 13.2 Å². The molecule has 0 aliphatic rings. The quantitative estimate of drug-likeness (QED) is 0.412. The van der Waals surface area contributed by atoms with Crippen LogP contribution < -0.4 is 14.8 Å². The molecule has 0 unspecified atom stereocenters. The molecule has 0 amide bonds. The van der Waals surface area contributed by atoms with Gasteiger partial charge < -0.3 is 14.8 Å². The van der Waals surface area contributed by atoms with Crippen molar-refractivity contribution >= 4 is 34.8 Å². The van der Waals surface area contributed by atoms with E-state index >= 15 is 0 Å². The zero-order chi connectivity index (χ0) is 20.8. The highest BCUT2D eigenvalue weighted by atomic mass is 35.5. The lowest BCUT2D eigenvalue weighted by atomic mass is 10.1. The molecule has 0 atom stereocenters. The summed E-state index contributed by atoms with van der Waals surface area (Å²) in [4.78, 5) is 0. The Hall–Kier alpha value is -1.98. The summed E-state index contributed by atoms with van der Waals surface area (Å²) >= 11 is 18.6. The molecule has 3 aromatic rings. The largest absolute Gasteiger partial charge is 0.493 e. The van der Waals surface area contributed by atoms with Crippen LogP contribution in [0.15, 0.2) is 54.6 Å².